The molecule has 1 saturated heterocycles. The standard InChI is InChI=1S/C14H18O3/c1-7-5-13-10(8(2)14(16)17-13)6-11-9(7)3-4-12(11)15/h7-8,10,13H,3-6H2,1-2H3. The van der Waals surface area contributed by atoms with Crippen molar-refractivity contribution in [2.45, 2.75) is 45.6 Å². The molecule has 0 saturated carbocycles. The van der Waals surface area contributed by atoms with E-state index in [1.165, 1.54) is 5.57 Å². The van der Waals surface area contributed by atoms with Crippen molar-refractivity contribution < 1.29 is 14.3 Å². The van der Waals surface area contributed by atoms with Crippen molar-refractivity contribution in [1.29, 1.82) is 0 Å². The Kier molecular flexibility index (Phi) is 2.39. The van der Waals surface area contributed by atoms with Crippen LogP contribution in [0, 0.1) is 17.8 Å². The molecule has 0 amide bonds. The van der Waals surface area contributed by atoms with E-state index in [9.17, 15) is 9.59 Å². The van der Waals surface area contributed by atoms with Crippen molar-refractivity contribution >= 4 is 11.8 Å². The number of carbonyl (C=O) groups excluding carboxylic acids is 2. The second kappa shape index (κ2) is 3.69. The van der Waals surface area contributed by atoms with Gasteiger partial charge in [0.15, 0.2) is 5.78 Å². The number of ether oxygens (including phenoxy) is 1. The van der Waals surface area contributed by atoms with Gasteiger partial charge in [-0.2, -0.15) is 0 Å². The van der Waals surface area contributed by atoms with Gasteiger partial charge in [0.2, 0.25) is 0 Å². The number of carbonyl (C=O) groups is 2. The summed E-state index contributed by atoms with van der Waals surface area (Å²) in [4.78, 5) is 23.5. The highest BCUT2D eigenvalue weighted by Crippen LogP contribution is 2.45. The molecule has 0 aromatic carbocycles. The Morgan fingerprint density at radius 1 is 1.18 bits per heavy atom. The zero-order valence-corrected chi connectivity index (χ0v) is 10.4. The highest BCUT2D eigenvalue weighted by molar-refractivity contribution is 5.99. The molecule has 0 aromatic rings. The van der Waals surface area contributed by atoms with Gasteiger partial charge in [0, 0.05) is 12.3 Å². The zero-order chi connectivity index (χ0) is 12.2. The van der Waals surface area contributed by atoms with Crippen LogP contribution in [0.1, 0.15) is 39.5 Å². The normalized spacial score (nSPS) is 41.1. The maximum Gasteiger partial charge on any atom is 0.309 e. The molecule has 0 spiro atoms. The lowest BCUT2D eigenvalue weighted by Gasteiger charge is -2.18. The lowest BCUT2D eigenvalue weighted by atomic mass is 9.85. The molecule has 4 atom stereocenters. The molecule has 0 N–H and O–H groups in total. The van der Waals surface area contributed by atoms with E-state index < -0.39 is 0 Å². The summed E-state index contributed by atoms with van der Waals surface area (Å²) in [5, 5.41) is 0. The van der Waals surface area contributed by atoms with Crippen molar-refractivity contribution in [3.63, 3.8) is 0 Å². The number of hydrogen-bond acceptors (Lipinski definition) is 3. The van der Waals surface area contributed by atoms with Crippen LogP contribution in [-0.4, -0.2) is 17.9 Å². The van der Waals surface area contributed by atoms with Gasteiger partial charge in [-0.15, -0.1) is 0 Å². The number of allylic oxidation sites excluding steroid dienone is 2. The van der Waals surface area contributed by atoms with Crippen LogP contribution in [-0.2, 0) is 14.3 Å². The topological polar surface area (TPSA) is 43.4 Å². The smallest absolute Gasteiger partial charge is 0.309 e. The molecule has 0 radical (unpaired) electrons. The molecular weight excluding hydrogens is 216 g/mol. The first-order valence-corrected chi connectivity index (χ1v) is 6.53. The van der Waals surface area contributed by atoms with Crippen molar-refractivity contribution in [1.82, 2.24) is 0 Å². The molecular formula is C14H18O3. The summed E-state index contributed by atoms with van der Waals surface area (Å²) in [6.07, 6.45) is 3.29. The van der Waals surface area contributed by atoms with Gasteiger partial charge in [0.05, 0.1) is 5.92 Å². The molecule has 3 nitrogen and oxygen atoms in total. The van der Waals surface area contributed by atoms with Crippen molar-refractivity contribution in [2.24, 2.45) is 17.8 Å². The van der Waals surface area contributed by atoms with Crippen LogP contribution in [0.5, 0.6) is 0 Å². The molecule has 0 bridgehead atoms. The van der Waals surface area contributed by atoms with Gasteiger partial charge < -0.3 is 4.74 Å². The largest absolute Gasteiger partial charge is 0.462 e. The Balaban J connectivity index is 1.95. The molecule has 1 fully saturated rings. The van der Waals surface area contributed by atoms with Crippen LogP contribution in [0.15, 0.2) is 11.1 Å². The van der Waals surface area contributed by atoms with E-state index in [0.29, 0.717) is 18.1 Å². The molecule has 3 heteroatoms. The minimum absolute atomic E-state index is 0.0332. The summed E-state index contributed by atoms with van der Waals surface area (Å²) in [6, 6.07) is 0. The fraction of sp³-hybridized carbons (Fsp3) is 0.714. The van der Waals surface area contributed by atoms with Crippen LogP contribution in [0.3, 0.4) is 0 Å². The van der Waals surface area contributed by atoms with Gasteiger partial charge in [-0.05, 0) is 30.8 Å². The molecule has 4 unspecified atom stereocenters. The van der Waals surface area contributed by atoms with Gasteiger partial charge >= 0.3 is 5.97 Å². The third-order valence-corrected chi connectivity index (χ3v) is 4.73. The van der Waals surface area contributed by atoms with E-state index in [4.69, 9.17) is 4.74 Å². The third-order valence-electron chi connectivity index (χ3n) is 4.73. The first-order valence-electron chi connectivity index (χ1n) is 6.53. The molecule has 2 aliphatic carbocycles. The maximum absolute atomic E-state index is 11.9. The van der Waals surface area contributed by atoms with Gasteiger partial charge in [-0.25, -0.2) is 0 Å². The maximum atomic E-state index is 11.9. The molecule has 17 heavy (non-hydrogen) atoms. The van der Waals surface area contributed by atoms with E-state index in [0.717, 1.165) is 24.8 Å². The molecule has 0 aromatic heterocycles. The Bertz CT molecular complexity index is 421. The summed E-state index contributed by atoms with van der Waals surface area (Å²) in [5.41, 5.74) is 2.36. The molecule has 3 aliphatic rings. The second-order valence-electron chi connectivity index (χ2n) is 5.70. The van der Waals surface area contributed by atoms with E-state index >= 15 is 0 Å². The lowest BCUT2D eigenvalue weighted by molar-refractivity contribution is -0.144. The van der Waals surface area contributed by atoms with E-state index in [1.807, 2.05) is 6.92 Å². The van der Waals surface area contributed by atoms with Crippen molar-refractivity contribution in [3.05, 3.63) is 11.1 Å². The summed E-state index contributed by atoms with van der Waals surface area (Å²) >= 11 is 0. The summed E-state index contributed by atoms with van der Waals surface area (Å²) in [7, 11) is 0. The predicted octanol–water partition coefficient (Wildman–Crippen LogP) is 2.25. The average Bonchev–Trinajstić information content (AvgIpc) is 2.71. The third kappa shape index (κ3) is 1.55. The first-order chi connectivity index (χ1) is 8.08. The Hall–Kier alpha value is -1.12. The number of hydrogen-bond donors (Lipinski definition) is 0. The summed E-state index contributed by atoms with van der Waals surface area (Å²) in [5.74, 6) is 0.789. The average molecular weight is 234 g/mol. The number of Topliss-reactive ketones (excluding diaryl/α,β-unsaturated/α-hetero) is 1. The zero-order valence-electron chi connectivity index (χ0n) is 10.4. The van der Waals surface area contributed by atoms with Gasteiger partial charge in [-0.3, -0.25) is 9.59 Å². The second-order valence-corrected chi connectivity index (χ2v) is 5.70. The number of rotatable bonds is 0. The van der Waals surface area contributed by atoms with Crippen LogP contribution in [0.2, 0.25) is 0 Å². The van der Waals surface area contributed by atoms with Crippen LogP contribution < -0.4 is 0 Å². The van der Waals surface area contributed by atoms with Crippen molar-refractivity contribution in [3.8, 4) is 0 Å². The molecule has 3 rings (SSSR count). The van der Waals surface area contributed by atoms with E-state index in [-0.39, 0.29) is 23.9 Å². The Morgan fingerprint density at radius 3 is 2.71 bits per heavy atom. The number of ketones is 1. The minimum Gasteiger partial charge on any atom is -0.462 e. The lowest BCUT2D eigenvalue weighted by Crippen LogP contribution is -2.21. The van der Waals surface area contributed by atoms with Gasteiger partial charge in [0.1, 0.15) is 6.10 Å². The van der Waals surface area contributed by atoms with Gasteiger partial charge in [-0.1, -0.05) is 19.4 Å². The highest BCUT2D eigenvalue weighted by Gasteiger charge is 2.46. The Morgan fingerprint density at radius 2 is 1.94 bits per heavy atom. The monoisotopic (exact) mass is 234 g/mol. The number of esters is 1. The quantitative estimate of drug-likeness (QED) is 0.604. The molecule has 1 aliphatic heterocycles. The fourth-order valence-electron chi connectivity index (χ4n) is 3.62. The first kappa shape index (κ1) is 11.0. The van der Waals surface area contributed by atoms with Crippen LogP contribution in [0.4, 0.5) is 0 Å². The summed E-state index contributed by atoms with van der Waals surface area (Å²) in [6.45, 7) is 4.09. The predicted molar refractivity (Wildman–Crippen MR) is 62.2 cm³/mol. The Labute approximate surface area is 101 Å². The van der Waals surface area contributed by atoms with E-state index in [1.54, 1.807) is 0 Å². The van der Waals surface area contributed by atoms with Crippen LogP contribution in [0.25, 0.3) is 0 Å². The fourth-order valence-corrected chi connectivity index (χ4v) is 3.62. The molecule has 92 valence electrons. The molecule has 1 heterocycles. The SMILES string of the molecule is CC1CC2OC(=O)C(C)C2CC2=C1CCC2=O. The minimum atomic E-state index is -0.0818. The van der Waals surface area contributed by atoms with Gasteiger partial charge in [0.25, 0.3) is 0 Å². The number of fused-ring (bicyclic) bond motifs is 1. The van der Waals surface area contributed by atoms with E-state index in [2.05, 4.69) is 6.92 Å². The highest BCUT2D eigenvalue weighted by atomic mass is 16.6. The summed E-state index contributed by atoms with van der Waals surface area (Å²) < 4.78 is 5.45. The van der Waals surface area contributed by atoms with Crippen LogP contribution >= 0.6 is 0 Å². The van der Waals surface area contributed by atoms with Crippen molar-refractivity contribution in [2.75, 3.05) is 0 Å².